The van der Waals surface area contributed by atoms with Crippen LogP contribution in [0.15, 0.2) is 54.7 Å². The highest BCUT2D eigenvalue weighted by Gasteiger charge is 2.25. The van der Waals surface area contributed by atoms with E-state index in [1.807, 2.05) is 29.8 Å². The van der Waals surface area contributed by atoms with E-state index >= 15 is 0 Å². The Bertz CT molecular complexity index is 985. The van der Waals surface area contributed by atoms with Crippen molar-refractivity contribution in [3.8, 4) is 0 Å². The number of carbonyl (C=O) groups is 1. The van der Waals surface area contributed by atoms with Crippen LogP contribution in [0.3, 0.4) is 0 Å². The summed E-state index contributed by atoms with van der Waals surface area (Å²) in [6.45, 7) is 3.62. The van der Waals surface area contributed by atoms with Gasteiger partial charge in [0.05, 0.1) is 18.8 Å². The molecule has 6 heteroatoms. The molecular weight excluding hydrogens is 374 g/mol. The minimum atomic E-state index is -0.238. The van der Waals surface area contributed by atoms with Gasteiger partial charge >= 0.3 is 0 Å². The van der Waals surface area contributed by atoms with Gasteiger partial charge in [0.2, 0.25) is 0 Å². The molecule has 2 aromatic carbocycles. The van der Waals surface area contributed by atoms with Crippen molar-refractivity contribution >= 4 is 17.5 Å². The summed E-state index contributed by atoms with van der Waals surface area (Å²) >= 11 is 6.04. The van der Waals surface area contributed by atoms with E-state index < -0.39 is 0 Å². The van der Waals surface area contributed by atoms with Crippen LogP contribution < -0.4 is 5.32 Å². The first-order chi connectivity index (χ1) is 13.6. The fraction of sp³-hybridized carbons (Fsp3) is 0.273. The number of nitrogens with one attached hydrogen (secondary N) is 1. The normalized spacial score (nSPS) is 15.9. The van der Waals surface area contributed by atoms with Gasteiger partial charge < -0.3 is 10.1 Å². The molecule has 28 heavy (non-hydrogen) atoms. The van der Waals surface area contributed by atoms with Crippen molar-refractivity contribution in [2.45, 2.75) is 26.0 Å². The molecule has 4 rings (SSSR count). The Hall–Kier alpha value is -2.63. The molecule has 1 aromatic heterocycles. The standard InChI is InChI=1S/C22H22ClN3O2/c1-15-11-17(7-8-19(15)23)22(27)24-12-20-21-18(9-10-28-20)14-26(25-21)13-16-5-3-2-4-6-16/h2-8,11,14,20H,9-10,12-13H2,1H3,(H,24,27)/t20-/m0/s1. The van der Waals surface area contributed by atoms with Crippen LogP contribution >= 0.6 is 11.6 Å². The Balaban J connectivity index is 1.44. The van der Waals surface area contributed by atoms with Crippen molar-refractivity contribution in [2.75, 3.05) is 13.2 Å². The van der Waals surface area contributed by atoms with E-state index in [0.29, 0.717) is 23.7 Å². The monoisotopic (exact) mass is 395 g/mol. The van der Waals surface area contributed by atoms with E-state index in [9.17, 15) is 4.79 Å². The largest absolute Gasteiger partial charge is 0.370 e. The SMILES string of the molecule is Cc1cc(C(=O)NC[C@@H]2OCCc3cn(Cc4ccccc4)nc32)ccc1Cl. The quantitative estimate of drug-likeness (QED) is 0.712. The molecule has 0 saturated carbocycles. The first kappa shape index (κ1) is 18.7. The molecule has 144 valence electrons. The number of nitrogens with zero attached hydrogens (tertiary/aromatic N) is 2. The fourth-order valence-corrected chi connectivity index (χ4v) is 3.53. The summed E-state index contributed by atoms with van der Waals surface area (Å²) in [5, 5.41) is 8.34. The summed E-state index contributed by atoms with van der Waals surface area (Å²) in [5.41, 5.74) is 4.77. The maximum atomic E-state index is 12.5. The third-order valence-electron chi connectivity index (χ3n) is 4.92. The first-order valence-corrected chi connectivity index (χ1v) is 9.74. The number of ether oxygens (including phenoxy) is 1. The van der Waals surface area contributed by atoms with Gasteiger partial charge in [-0.2, -0.15) is 5.10 Å². The third-order valence-corrected chi connectivity index (χ3v) is 5.35. The highest BCUT2D eigenvalue weighted by Crippen LogP contribution is 2.25. The van der Waals surface area contributed by atoms with Crippen LogP contribution in [0, 0.1) is 6.92 Å². The van der Waals surface area contributed by atoms with Crippen molar-refractivity contribution < 1.29 is 9.53 Å². The molecule has 5 nitrogen and oxygen atoms in total. The smallest absolute Gasteiger partial charge is 0.251 e. The van der Waals surface area contributed by atoms with Crippen molar-refractivity contribution in [1.29, 1.82) is 0 Å². The Kier molecular flexibility index (Phi) is 5.46. The Labute approximate surface area is 169 Å². The molecule has 1 aliphatic rings. The number of amides is 1. The molecule has 3 aromatic rings. The van der Waals surface area contributed by atoms with Crippen LogP contribution in [-0.2, 0) is 17.7 Å². The lowest BCUT2D eigenvalue weighted by Gasteiger charge is -2.22. The summed E-state index contributed by atoms with van der Waals surface area (Å²) < 4.78 is 7.84. The number of fused-ring (bicyclic) bond motifs is 1. The summed E-state index contributed by atoms with van der Waals surface area (Å²) in [6.07, 6.45) is 2.69. The minimum Gasteiger partial charge on any atom is -0.370 e. The van der Waals surface area contributed by atoms with Crippen molar-refractivity contribution in [3.05, 3.63) is 87.7 Å². The van der Waals surface area contributed by atoms with Gasteiger partial charge in [0.25, 0.3) is 5.91 Å². The summed E-state index contributed by atoms with van der Waals surface area (Å²) in [6, 6.07) is 15.5. The second kappa shape index (κ2) is 8.17. The van der Waals surface area contributed by atoms with E-state index in [-0.39, 0.29) is 12.0 Å². The van der Waals surface area contributed by atoms with Gasteiger partial charge in [-0.05, 0) is 48.2 Å². The van der Waals surface area contributed by atoms with Gasteiger partial charge in [-0.1, -0.05) is 41.9 Å². The lowest BCUT2D eigenvalue weighted by Crippen LogP contribution is -2.32. The Morgan fingerprint density at radius 2 is 2.11 bits per heavy atom. The van der Waals surface area contributed by atoms with Gasteiger partial charge in [0.1, 0.15) is 6.10 Å². The predicted octanol–water partition coefficient (Wildman–Crippen LogP) is 3.94. The number of hydrogen-bond acceptors (Lipinski definition) is 3. The molecule has 1 atom stereocenters. The van der Waals surface area contributed by atoms with Crippen LogP contribution in [-0.4, -0.2) is 28.8 Å². The van der Waals surface area contributed by atoms with E-state index in [1.54, 1.807) is 18.2 Å². The van der Waals surface area contributed by atoms with Crippen molar-refractivity contribution in [1.82, 2.24) is 15.1 Å². The number of aryl methyl sites for hydroxylation is 1. The average Bonchev–Trinajstić information content (AvgIpc) is 3.12. The van der Waals surface area contributed by atoms with Crippen molar-refractivity contribution in [3.63, 3.8) is 0 Å². The molecule has 0 fully saturated rings. The molecule has 0 spiro atoms. The lowest BCUT2D eigenvalue weighted by molar-refractivity contribution is 0.0383. The molecular formula is C22H22ClN3O2. The molecule has 0 radical (unpaired) electrons. The Morgan fingerprint density at radius 3 is 2.89 bits per heavy atom. The number of halogens is 1. The zero-order valence-electron chi connectivity index (χ0n) is 15.7. The summed E-state index contributed by atoms with van der Waals surface area (Å²) in [5.74, 6) is -0.140. The molecule has 0 saturated heterocycles. The zero-order valence-corrected chi connectivity index (χ0v) is 16.4. The second-order valence-corrected chi connectivity index (χ2v) is 7.41. The van der Waals surface area contributed by atoms with Gasteiger partial charge in [-0.15, -0.1) is 0 Å². The van der Waals surface area contributed by atoms with Crippen LogP contribution in [0.2, 0.25) is 5.02 Å². The number of carbonyl (C=O) groups excluding carboxylic acids is 1. The third kappa shape index (κ3) is 4.11. The van der Waals surface area contributed by atoms with E-state index in [4.69, 9.17) is 21.4 Å². The predicted molar refractivity (Wildman–Crippen MR) is 109 cm³/mol. The number of aromatic nitrogens is 2. The van der Waals surface area contributed by atoms with Gasteiger partial charge in [-0.3, -0.25) is 9.48 Å². The number of benzene rings is 2. The van der Waals surface area contributed by atoms with Crippen LogP contribution in [0.5, 0.6) is 0 Å². The topological polar surface area (TPSA) is 56.1 Å². The Morgan fingerprint density at radius 1 is 1.29 bits per heavy atom. The maximum absolute atomic E-state index is 12.5. The highest BCUT2D eigenvalue weighted by molar-refractivity contribution is 6.31. The van der Waals surface area contributed by atoms with E-state index in [1.165, 1.54) is 11.1 Å². The van der Waals surface area contributed by atoms with Gasteiger partial charge in [0.15, 0.2) is 0 Å². The van der Waals surface area contributed by atoms with Crippen LogP contribution in [0.4, 0.5) is 0 Å². The molecule has 0 bridgehead atoms. The molecule has 2 heterocycles. The second-order valence-electron chi connectivity index (χ2n) is 7.01. The zero-order chi connectivity index (χ0) is 19.5. The first-order valence-electron chi connectivity index (χ1n) is 9.36. The molecule has 1 aliphatic heterocycles. The number of hydrogen-bond donors (Lipinski definition) is 1. The minimum absolute atomic E-state index is 0.140. The molecule has 0 unspecified atom stereocenters. The summed E-state index contributed by atoms with van der Waals surface area (Å²) in [7, 11) is 0. The summed E-state index contributed by atoms with van der Waals surface area (Å²) in [4.78, 5) is 12.5. The number of rotatable bonds is 5. The van der Waals surface area contributed by atoms with E-state index in [0.717, 1.165) is 24.2 Å². The lowest BCUT2D eigenvalue weighted by atomic mass is 10.1. The molecule has 1 amide bonds. The van der Waals surface area contributed by atoms with Crippen molar-refractivity contribution in [2.24, 2.45) is 0 Å². The van der Waals surface area contributed by atoms with E-state index in [2.05, 4.69) is 23.6 Å². The maximum Gasteiger partial charge on any atom is 0.251 e. The molecule has 1 N–H and O–H groups in total. The fourth-order valence-electron chi connectivity index (χ4n) is 3.41. The average molecular weight is 396 g/mol. The van der Waals surface area contributed by atoms with Crippen LogP contribution in [0.25, 0.3) is 0 Å². The highest BCUT2D eigenvalue weighted by atomic mass is 35.5. The molecule has 0 aliphatic carbocycles. The van der Waals surface area contributed by atoms with Gasteiger partial charge in [0, 0.05) is 23.3 Å². The van der Waals surface area contributed by atoms with Gasteiger partial charge in [-0.25, -0.2) is 0 Å². The van der Waals surface area contributed by atoms with Crippen LogP contribution in [0.1, 0.15) is 38.8 Å².